The van der Waals surface area contributed by atoms with Gasteiger partial charge in [-0.1, -0.05) is 55.8 Å². The number of anilines is 1. The molecule has 0 aliphatic rings. The number of benzene rings is 2. The Morgan fingerprint density at radius 1 is 1.06 bits per heavy atom. The number of hydrogen-bond donors (Lipinski definition) is 1. The van der Waals surface area contributed by atoms with E-state index in [4.69, 9.17) is 0 Å². The maximum absolute atomic E-state index is 13.7. The van der Waals surface area contributed by atoms with Crippen molar-refractivity contribution in [3.8, 4) is 0 Å². The van der Waals surface area contributed by atoms with Crippen molar-refractivity contribution in [3.05, 3.63) is 64.1 Å². The molecule has 2 atom stereocenters. The minimum absolute atomic E-state index is 0.0368. The van der Waals surface area contributed by atoms with Crippen molar-refractivity contribution in [2.75, 3.05) is 17.1 Å². The zero-order chi connectivity index (χ0) is 25.5. The highest BCUT2D eigenvalue weighted by Gasteiger charge is 2.32. The van der Waals surface area contributed by atoms with Gasteiger partial charge in [0, 0.05) is 17.1 Å². The van der Waals surface area contributed by atoms with Gasteiger partial charge in [0.25, 0.3) is 0 Å². The number of halogens is 1. The van der Waals surface area contributed by atoms with Crippen molar-refractivity contribution in [1.29, 1.82) is 0 Å². The average molecular weight is 553 g/mol. The smallest absolute Gasteiger partial charge is 0.244 e. The van der Waals surface area contributed by atoms with E-state index in [9.17, 15) is 18.0 Å². The number of nitrogens with one attached hydrogen (secondary N) is 1. The van der Waals surface area contributed by atoms with E-state index < -0.39 is 28.5 Å². The quantitative estimate of drug-likeness (QED) is 0.452. The summed E-state index contributed by atoms with van der Waals surface area (Å²) in [7, 11) is -3.77. The van der Waals surface area contributed by atoms with Crippen LogP contribution in [0.1, 0.15) is 44.7 Å². The fourth-order valence-corrected chi connectivity index (χ4v) is 5.09. The Kier molecular flexibility index (Phi) is 10.1. The normalized spacial score (nSPS) is 13.1. The van der Waals surface area contributed by atoms with Crippen LogP contribution in [-0.2, 0) is 26.2 Å². The van der Waals surface area contributed by atoms with E-state index in [0.717, 1.165) is 28.1 Å². The molecule has 7 nitrogen and oxygen atoms in total. The maximum Gasteiger partial charge on any atom is 0.244 e. The number of amides is 2. The summed E-state index contributed by atoms with van der Waals surface area (Å²) in [6.07, 6.45) is 2.23. The van der Waals surface area contributed by atoms with Crippen molar-refractivity contribution >= 4 is 43.5 Å². The minimum Gasteiger partial charge on any atom is -0.352 e. The maximum atomic E-state index is 13.7. The summed E-state index contributed by atoms with van der Waals surface area (Å²) in [5, 5.41) is 2.97. The van der Waals surface area contributed by atoms with Gasteiger partial charge in [-0.2, -0.15) is 0 Å². The summed E-state index contributed by atoms with van der Waals surface area (Å²) < 4.78 is 26.9. The molecule has 2 rings (SSSR count). The van der Waals surface area contributed by atoms with Crippen LogP contribution in [0.5, 0.6) is 0 Å². The van der Waals surface area contributed by atoms with Crippen molar-refractivity contribution in [2.45, 2.75) is 59.2 Å². The van der Waals surface area contributed by atoms with Crippen molar-refractivity contribution in [3.63, 3.8) is 0 Å². The Balaban J connectivity index is 2.45. The van der Waals surface area contributed by atoms with Crippen LogP contribution in [0, 0.1) is 6.92 Å². The van der Waals surface area contributed by atoms with Gasteiger partial charge in [-0.15, -0.1) is 0 Å². The summed E-state index contributed by atoms with van der Waals surface area (Å²) in [6, 6.07) is 13.8. The van der Waals surface area contributed by atoms with E-state index in [0.29, 0.717) is 16.6 Å². The summed E-state index contributed by atoms with van der Waals surface area (Å²) in [6.45, 7) is 7.47. The van der Waals surface area contributed by atoms with Gasteiger partial charge in [0.15, 0.2) is 0 Å². The van der Waals surface area contributed by atoms with Gasteiger partial charge < -0.3 is 10.2 Å². The third kappa shape index (κ3) is 7.56. The van der Waals surface area contributed by atoms with Gasteiger partial charge in [0.1, 0.15) is 12.6 Å². The van der Waals surface area contributed by atoms with Gasteiger partial charge in [-0.25, -0.2) is 8.42 Å². The number of para-hydroxylation sites is 1. The molecule has 0 saturated carbocycles. The molecule has 186 valence electrons. The molecule has 9 heteroatoms. The van der Waals surface area contributed by atoms with Gasteiger partial charge in [-0.05, 0) is 60.3 Å². The van der Waals surface area contributed by atoms with E-state index in [-0.39, 0.29) is 18.5 Å². The minimum atomic E-state index is -3.77. The number of aryl methyl sites for hydroxylation is 1. The topological polar surface area (TPSA) is 86.8 Å². The highest BCUT2D eigenvalue weighted by Crippen LogP contribution is 2.28. The predicted octanol–water partition coefficient (Wildman–Crippen LogP) is 4.25. The van der Waals surface area contributed by atoms with Crippen LogP contribution in [0.25, 0.3) is 0 Å². The monoisotopic (exact) mass is 551 g/mol. The molecule has 0 aliphatic heterocycles. The van der Waals surface area contributed by atoms with Gasteiger partial charge >= 0.3 is 0 Å². The lowest BCUT2D eigenvalue weighted by molar-refractivity contribution is -0.140. The molecule has 0 spiro atoms. The summed E-state index contributed by atoms with van der Waals surface area (Å²) in [5.41, 5.74) is 2.27. The van der Waals surface area contributed by atoms with Crippen LogP contribution >= 0.6 is 15.9 Å². The van der Waals surface area contributed by atoms with Crippen molar-refractivity contribution < 1.29 is 18.0 Å². The fraction of sp³-hybridized carbons (Fsp3) is 0.440. The number of rotatable bonds is 11. The first-order valence-electron chi connectivity index (χ1n) is 11.4. The lowest BCUT2D eigenvalue weighted by Crippen LogP contribution is -2.53. The SMILES string of the molecule is CC[C@@H](C)NC(=O)[C@@H](CC)N(Cc1cccc(C)c1)C(=O)CN(c1ccccc1Br)S(C)(=O)=O. The molecule has 0 radical (unpaired) electrons. The largest absolute Gasteiger partial charge is 0.352 e. The first-order valence-corrected chi connectivity index (χ1v) is 14.0. The van der Waals surface area contributed by atoms with Crippen LogP contribution in [0.2, 0.25) is 0 Å². The zero-order valence-corrected chi connectivity index (χ0v) is 22.8. The third-order valence-corrected chi connectivity index (χ3v) is 7.42. The first kappa shape index (κ1) is 27.9. The van der Waals surface area contributed by atoms with Crippen LogP contribution in [0.3, 0.4) is 0 Å². The Morgan fingerprint density at radius 3 is 2.29 bits per heavy atom. The van der Waals surface area contributed by atoms with Crippen LogP contribution in [0.15, 0.2) is 53.0 Å². The Hall–Kier alpha value is -2.39. The second kappa shape index (κ2) is 12.4. The van der Waals surface area contributed by atoms with Gasteiger partial charge in [-0.3, -0.25) is 13.9 Å². The Morgan fingerprint density at radius 2 is 1.74 bits per heavy atom. The average Bonchev–Trinajstić information content (AvgIpc) is 2.77. The van der Waals surface area contributed by atoms with Crippen LogP contribution in [-0.4, -0.2) is 50.0 Å². The third-order valence-electron chi connectivity index (χ3n) is 5.62. The Labute approximate surface area is 211 Å². The summed E-state index contributed by atoms with van der Waals surface area (Å²) >= 11 is 3.38. The van der Waals surface area contributed by atoms with Gasteiger partial charge in [0.05, 0.1) is 11.9 Å². The lowest BCUT2D eigenvalue weighted by Gasteiger charge is -2.33. The molecule has 0 heterocycles. The highest BCUT2D eigenvalue weighted by molar-refractivity contribution is 9.10. The standard InChI is InChI=1S/C25H34BrN3O4S/c1-6-19(4)27-25(31)22(7-2)28(16-20-12-10-11-18(3)15-20)24(30)17-29(34(5,32)33)23-14-9-8-13-21(23)26/h8-15,19,22H,6-7,16-17H2,1-5H3,(H,27,31)/t19-,22-/m1/s1. The van der Waals surface area contributed by atoms with E-state index in [1.807, 2.05) is 52.0 Å². The van der Waals surface area contributed by atoms with Crippen LogP contribution < -0.4 is 9.62 Å². The molecule has 0 fully saturated rings. The predicted molar refractivity (Wildman–Crippen MR) is 140 cm³/mol. The molecule has 0 unspecified atom stereocenters. The lowest BCUT2D eigenvalue weighted by atomic mass is 10.1. The molecule has 0 aromatic heterocycles. The molecule has 2 aromatic rings. The zero-order valence-electron chi connectivity index (χ0n) is 20.4. The van der Waals surface area contributed by atoms with Crippen molar-refractivity contribution in [1.82, 2.24) is 10.2 Å². The summed E-state index contributed by atoms with van der Waals surface area (Å²) in [5.74, 6) is -0.696. The molecular weight excluding hydrogens is 518 g/mol. The fourth-order valence-electron chi connectivity index (χ4n) is 3.62. The Bertz CT molecular complexity index is 1110. The summed E-state index contributed by atoms with van der Waals surface area (Å²) in [4.78, 5) is 28.3. The van der Waals surface area contributed by atoms with E-state index >= 15 is 0 Å². The molecular formula is C25H34BrN3O4S. The first-order chi connectivity index (χ1) is 16.0. The number of carbonyl (C=O) groups excluding carboxylic acids is 2. The second-order valence-corrected chi connectivity index (χ2v) is 11.2. The number of hydrogen-bond acceptors (Lipinski definition) is 4. The highest BCUT2D eigenvalue weighted by atomic mass is 79.9. The van der Waals surface area contributed by atoms with Crippen molar-refractivity contribution in [2.24, 2.45) is 0 Å². The molecule has 0 saturated heterocycles. The molecule has 0 aliphatic carbocycles. The molecule has 34 heavy (non-hydrogen) atoms. The molecule has 2 aromatic carbocycles. The molecule has 2 amide bonds. The van der Waals surface area contributed by atoms with Crippen LogP contribution in [0.4, 0.5) is 5.69 Å². The second-order valence-electron chi connectivity index (χ2n) is 8.47. The van der Waals surface area contributed by atoms with Gasteiger partial charge in [0.2, 0.25) is 21.8 Å². The molecule has 0 bridgehead atoms. The number of carbonyl (C=O) groups is 2. The number of sulfonamides is 1. The van der Waals surface area contributed by atoms with E-state index in [1.165, 1.54) is 4.90 Å². The number of nitrogens with zero attached hydrogens (tertiary/aromatic N) is 2. The van der Waals surface area contributed by atoms with E-state index in [1.54, 1.807) is 24.3 Å². The van der Waals surface area contributed by atoms with E-state index in [2.05, 4.69) is 21.2 Å². The molecule has 1 N–H and O–H groups in total.